The summed E-state index contributed by atoms with van der Waals surface area (Å²) in [5.74, 6) is -1.50. The van der Waals surface area contributed by atoms with Gasteiger partial charge in [-0.2, -0.15) is 0 Å². The van der Waals surface area contributed by atoms with Gasteiger partial charge in [0, 0.05) is 15.8 Å². The van der Waals surface area contributed by atoms with E-state index in [4.69, 9.17) is 11.6 Å². The largest absolute Gasteiger partial charge is 1.00 e. The summed E-state index contributed by atoms with van der Waals surface area (Å²) in [6, 6.07) is 7.84. The molecule has 0 aliphatic carbocycles. The van der Waals surface area contributed by atoms with Crippen molar-refractivity contribution in [3.63, 3.8) is 0 Å². The first-order valence-electron chi connectivity index (χ1n) is 7.50. The fourth-order valence-electron chi connectivity index (χ4n) is 2.54. The summed E-state index contributed by atoms with van der Waals surface area (Å²) in [6.07, 6.45) is 0. The maximum Gasteiger partial charge on any atom is 1.00 e. The first kappa shape index (κ1) is 28.3. The zero-order valence-electron chi connectivity index (χ0n) is 16.0. The fourth-order valence-corrected chi connectivity index (χ4v) is 4.12. The minimum Gasteiger partial charge on any atom is -0.744 e. The molecule has 0 unspecified atom stereocenters. The number of hydrogen-bond acceptors (Lipinski definition) is 10. The number of benzene rings is 3. The van der Waals surface area contributed by atoms with Gasteiger partial charge < -0.3 is 19.3 Å². The molecule has 0 saturated carbocycles. The molecule has 0 bridgehead atoms. The third kappa shape index (κ3) is 6.18. The predicted molar refractivity (Wildman–Crippen MR) is 98.8 cm³/mol. The standard InChI is InChI=1S/C16H11ClN2O8S2.2Na/c17-8-6-12(16(21)14(7-8)29(25,26)27)19-18-11-5-4-9-10(15(11)20)2-1-3-13(9)28(22,23)24;;/h1-7,20-21H,(H,22,23,24)(H,25,26,27);;/q;2*+1/p-2/b19-18+;;. The molecule has 0 fully saturated rings. The van der Waals surface area contributed by atoms with Crippen LogP contribution in [0.15, 0.2) is 62.5 Å². The average Bonchev–Trinajstić information content (AvgIpc) is 2.61. The van der Waals surface area contributed by atoms with Gasteiger partial charge in [0.15, 0.2) is 11.5 Å². The second-order valence-corrected chi connectivity index (χ2v) is 8.80. The quantitative estimate of drug-likeness (QED) is 0.217. The number of nitrogens with zero attached hydrogens (tertiary/aromatic N) is 2. The Morgan fingerprint density at radius 2 is 1.32 bits per heavy atom. The Morgan fingerprint density at radius 3 is 1.90 bits per heavy atom. The van der Waals surface area contributed by atoms with E-state index in [-0.39, 0.29) is 80.6 Å². The Bertz CT molecular complexity index is 1400. The fraction of sp³-hybridized carbons (Fsp3) is 0. The maximum absolute atomic E-state index is 11.3. The summed E-state index contributed by atoms with van der Waals surface area (Å²) in [6.45, 7) is 0. The SMILES string of the molecule is O=S(=O)([O-])c1cc(Cl)cc(/N=N/c2ccc3c(S(=O)(=O)[O-])cccc3c2O)c1O.[Na+].[Na+]. The molecular weight excluding hydrogens is 494 g/mol. The molecule has 0 aliphatic heterocycles. The Hall–Kier alpha value is -0.770. The number of aromatic hydroxyl groups is 2. The molecule has 152 valence electrons. The van der Waals surface area contributed by atoms with E-state index >= 15 is 0 Å². The van der Waals surface area contributed by atoms with Crippen molar-refractivity contribution in [1.82, 2.24) is 0 Å². The van der Waals surface area contributed by atoms with Crippen LogP contribution in [0, 0.1) is 0 Å². The molecule has 3 rings (SSSR count). The summed E-state index contributed by atoms with van der Waals surface area (Å²) >= 11 is 5.73. The van der Waals surface area contributed by atoms with Crippen LogP contribution < -0.4 is 59.1 Å². The number of phenols is 2. The van der Waals surface area contributed by atoms with Gasteiger partial charge in [0.1, 0.15) is 31.6 Å². The number of phenolic OH excluding ortho intramolecular Hbond substituents is 2. The molecule has 0 heterocycles. The van der Waals surface area contributed by atoms with Gasteiger partial charge in [-0.3, -0.25) is 0 Å². The Labute approximate surface area is 226 Å². The normalized spacial score (nSPS) is 11.8. The van der Waals surface area contributed by atoms with Gasteiger partial charge in [-0.25, -0.2) is 16.8 Å². The zero-order valence-corrected chi connectivity index (χ0v) is 22.4. The summed E-state index contributed by atoms with van der Waals surface area (Å²) < 4.78 is 67.6. The van der Waals surface area contributed by atoms with Gasteiger partial charge in [-0.1, -0.05) is 29.8 Å². The van der Waals surface area contributed by atoms with Crippen molar-refractivity contribution in [3.8, 4) is 11.5 Å². The Kier molecular flexibility index (Phi) is 9.52. The molecule has 0 atom stereocenters. The van der Waals surface area contributed by atoms with Crippen LogP contribution in [0.1, 0.15) is 0 Å². The van der Waals surface area contributed by atoms with Gasteiger partial charge in [0.05, 0.1) is 9.79 Å². The van der Waals surface area contributed by atoms with Gasteiger partial charge in [-0.15, -0.1) is 10.2 Å². The van der Waals surface area contributed by atoms with Crippen LogP contribution in [0.5, 0.6) is 11.5 Å². The predicted octanol–water partition coefficient (Wildman–Crippen LogP) is -2.86. The van der Waals surface area contributed by atoms with Crippen molar-refractivity contribution in [1.29, 1.82) is 0 Å². The van der Waals surface area contributed by atoms with E-state index in [1.165, 1.54) is 18.2 Å². The number of rotatable bonds is 4. The van der Waals surface area contributed by atoms with E-state index in [0.29, 0.717) is 0 Å². The van der Waals surface area contributed by atoms with E-state index in [9.17, 15) is 36.2 Å². The monoisotopic (exact) mass is 502 g/mol. The number of fused-ring (bicyclic) bond motifs is 1. The van der Waals surface area contributed by atoms with Crippen molar-refractivity contribution in [2.24, 2.45) is 10.2 Å². The second kappa shape index (κ2) is 10.4. The van der Waals surface area contributed by atoms with Crippen LogP contribution in [0.2, 0.25) is 5.02 Å². The van der Waals surface area contributed by atoms with Crippen LogP contribution in [0.25, 0.3) is 10.8 Å². The molecule has 3 aromatic carbocycles. The molecule has 15 heteroatoms. The number of hydrogen-bond donors (Lipinski definition) is 2. The number of azo groups is 1. The van der Waals surface area contributed by atoms with E-state index in [0.717, 1.165) is 24.3 Å². The minimum absolute atomic E-state index is 0. The van der Waals surface area contributed by atoms with E-state index < -0.39 is 47.2 Å². The van der Waals surface area contributed by atoms with Crippen LogP contribution in [-0.2, 0) is 20.2 Å². The molecule has 0 amide bonds. The van der Waals surface area contributed by atoms with E-state index in [2.05, 4.69) is 10.2 Å². The van der Waals surface area contributed by atoms with Crippen molar-refractivity contribution >= 4 is 54.0 Å². The Morgan fingerprint density at radius 1 is 0.742 bits per heavy atom. The topological polar surface area (TPSA) is 180 Å². The van der Waals surface area contributed by atoms with Crippen LogP contribution in [-0.4, -0.2) is 36.2 Å². The molecule has 0 aliphatic rings. The molecule has 0 spiro atoms. The molecule has 0 saturated heterocycles. The summed E-state index contributed by atoms with van der Waals surface area (Å²) in [5, 5.41) is 27.3. The van der Waals surface area contributed by atoms with Crippen molar-refractivity contribution in [2.45, 2.75) is 9.79 Å². The second-order valence-electron chi connectivity index (χ2n) is 5.66. The summed E-state index contributed by atoms with van der Waals surface area (Å²) in [7, 11) is -9.83. The van der Waals surface area contributed by atoms with Gasteiger partial charge in [0.25, 0.3) is 0 Å². The Balaban J connectivity index is 0.00000240. The third-order valence-corrected chi connectivity index (χ3v) is 5.76. The summed E-state index contributed by atoms with van der Waals surface area (Å²) in [4.78, 5) is -1.53. The van der Waals surface area contributed by atoms with E-state index in [1.54, 1.807) is 0 Å². The van der Waals surface area contributed by atoms with Crippen LogP contribution >= 0.6 is 11.6 Å². The zero-order chi connectivity index (χ0) is 21.6. The van der Waals surface area contributed by atoms with Gasteiger partial charge in [0.2, 0.25) is 0 Å². The first-order valence-corrected chi connectivity index (χ1v) is 10.7. The first-order chi connectivity index (χ1) is 13.4. The molecule has 10 nitrogen and oxygen atoms in total. The molecule has 0 aromatic heterocycles. The molecule has 2 N–H and O–H groups in total. The van der Waals surface area contributed by atoms with E-state index in [1.807, 2.05) is 0 Å². The van der Waals surface area contributed by atoms with Crippen molar-refractivity contribution in [3.05, 3.63) is 47.5 Å². The van der Waals surface area contributed by atoms with Crippen LogP contribution in [0.3, 0.4) is 0 Å². The molecule has 31 heavy (non-hydrogen) atoms. The van der Waals surface area contributed by atoms with Gasteiger partial charge >= 0.3 is 59.1 Å². The summed E-state index contributed by atoms with van der Waals surface area (Å²) in [5.41, 5.74) is -0.647. The van der Waals surface area contributed by atoms with Crippen molar-refractivity contribution < 1.29 is 95.3 Å². The minimum atomic E-state index is -5.04. The average molecular weight is 503 g/mol. The van der Waals surface area contributed by atoms with Crippen molar-refractivity contribution in [2.75, 3.05) is 0 Å². The molecular formula is C16H9ClN2Na2O8S2. The molecule has 0 radical (unpaired) electrons. The third-order valence-electron chi connectivity index (χ3n) is 3.80. The smallest absolute Gasteiger partial charge is 0.744 e. The van der Waals surface area contributed by atoms with Crippen LogP contribution in [0.4, 0.5) is 11.4 Å². The van der Waals surface area contributed by atoms with Gasteiger partial charge in [-0.05, 0) is 24.3 Å². The molecule has 3 aromatic rings. The maximum atomic E-state index is 11.3. The number of halogens is 1.